The van der Waals surface area contributed by atoms with Gasteiger partial charge in [-0.15, -0.1) is 24.0 Å². The fourth-order valence-electron chi connectivity index (χ4n) is 2.61. The van der Waals surface area contributed by atoms with Gasteiger partial charge < -0.3 is 20.1 Å². The van der Waals surface area contributed by atoms with Crippen LogP contribution in [-0.2, 0) is 11.3 Å². The maximum absolute atomic E-state index is 5.66. The molecule has 0 spiro atoms. The van der Waals surface area contributed by atoms with Crippen molar-refractivity contribution in [1.29, 1.82) is 0 Å². The van der Waals surface area contributed by atoms with E-state index in [-0.39, 0.29) is 24.0 Å². The van der Waals surface area contributed by atoms with Crippen LogP contribution in [0.25, 0.3) is 0 Å². The van der Waals surface area contributed by atoms with Crippen LogP contribution in [0.1, 0.15) is 38.2 Å². The third-order valence-corrected chi connectivity index (χ3v) is 4.25. The fraction of sp³-hybridized carbons (Fsp3) is 0.667. The SMILES string of the molecule is CCNC(=NCc1ccc(OCC2CC2)nc1)NCC1CCCO1.I. The van der Waals surface area contributed by atoms with Crippen molar-refractivity contribution in [1.82, 2.24) is 15.6 Å². The van der Waals surface area contributed by atoms with Crippen molar-refractivity contribution in [2.24, 2.45) is 10.9 Å². The number of halogens is 1. The van der Waals surface area contributed by atoms with Gasteiger partial charge in [-0.1, -0.05) is 6.07 Å². The Morgan fingerprint density at radius 3 is 2.84 bits per heavy atom. The van der Waals surface area contributed by atoms with Crippen molar-refractivity contribution in [3.63, 3.8) is 0 Å². The molecule has 7 heteroatoms. The first-order valence-corrected chi connectivity index (χ1v) is 9.05. The number of rotatable bonds is 8. The molecule has 1 saturated heterocycles. The van der Waals surface area contributed by atoms with E-state index in [4.69, 9.17) is 9.47 Å². The van der Waals surface area contributed by atoms with Crippen molar-refractivity contribution in [3.05, 3.63) is 23.9 Å². The fourth-order valence-corrected chi connectivity index (χ4v) is 2.61. The molecule has 1 aromatic heterocycles. The second kappa shape index (κ2) is 10.8. The van der Waals surface area contributed by atoms with Gasteiger partial charge in [0.25, 0.3) is 0 Å². The third-order valence-electron chi connectivity index (χ3n) is 4.25. The number of hydrogen-bond donors (Lipinski definition) is 2. The highest BCUT2D eigenvalue weighted by Gasteiger charge is 2.22. The summed E-state index contributed by atoms with van der Waals surface area (Å²) in [6.07, 6.45) is 7.01. The van der Waals surface area contributed by atoms with Crippen molar-refractivity contribution in [2.75, 3.05) is 26.3 Å². The molecule has 2 fully saturated rings. The lowest BCUT2D eigenvalue weighted by molar-refractivity contribution is 0.114. The topological polar surface area (TPSA) is 67.8 Å². The molecule has 2 N–H and O–H groups in total. The molecule has 0 radical (unpaired) electrons. The standard InChI is InChI=1S/C18H28N4O2.HI/c1-2-19-18(22-12-16-4-3-9-23-16)21-11-15-7-8-17(20-10-15)24-13-14-5-6-14;/h7-8,10,14,16H,2-6,9,11-13H2,1H3,(H2,19,21,22);1H. The zero-order valence-electron chi connectivity index (χ0n) is 14.9. The molecular formula is C18H29IN4O2. The predicted molar refractivity (Wildman–Crippen MR) is 110 cm³/mol. The number of hydrogen-bond acceptors (Lipinski definition) is 4. The molecule has 1 aliphatic carbocycles. The highest BCUT2D eigenvalue weighted by molar-refractivity contribution is 14.0. The Hall–Kier alpha value is -1.09. The van der Waals surface area contributed by atoms with E-state index in [2.05, 4.69) is 27.5 Å². The number of nitrogens with one attached hydrogen (secondary N) is 2. The second-order valence-electron chi connectivity index (χ2n) is 6.47. The van der Waals surface area contributed by atoms with Crippen LogP contribution in [0.2, 0.25) is 0 Å². The molecule has 1 aliphatic heterocycles. The van der Waals surface area contributed by atoms with E-state index in [9.17, 15) is 0 Å². The molecule has 25 heavy (non-hydrogen) atoms. The van der Waals surface area contributed by atoms with E-state index in [1.165, 1.54) is 12.8 Å². The monoisotopic (exact) mass is 460 g/mol. The maximum atomic E-state index is 5.66. The smallest absolute Gasteiger partial charge is 0.213 e. The van der Waals surface area contributed by atoms with Gasteiger partial charge in [0.15, 0.2) is 5.96 Å². The van der Waals surface area contributed by atoms with Gasteiger partial charge in [0.2, 0.25) is 5.88 Å². The molecule has 0 bridgehead atoms. The molecule has 2 aliphatic rings. The summed E-state index contributed by atoms with van der Waals surface area (Å²) in [5.41, 5.74) is 1.07. The molecule has 1 unspecified atom stereocenters. The van der Waals surface area contributed by atoms with Crippen molar-refractivity contribution < 1.29 is 9.47 Å². The molecule has 2 heterocycles. The van der Waals surface area contributed by atoms with Gasteiger partial charge in [0.05, 0.1) is 19.3 Å². The molecule has 3 rings (SSSR count). The lowest BCUT2D eigenvalue weighted by Crippen LogP contribution is -2.41. The predicted octanol–water partition coefficient (Wildman–Crippen LogP) is 2.72. The Morgan fingerprint density at radius 1 is 1.32 bits per heavy atom. The molecule has 0 aromatic carbocycles. The number of aromatic nitrogens is 1. The molecule has 1 atom stereocenters. The van der Waals surface area contributed by atoms with Gasteiger partial charge in [-0.25, -0.2) is 9.98 Å². The van der Waals surface area contributed by atoms with Crippen LogP contribution in [-0.4, -0.2) is 43.4 Å². The van der Waals surface area contributed by atoms with Crippen molar-refractivity contribution >= 4 is 29.9 Å². The molecule has 1 aromatic rings. The van der Waals surface area contributed by atoms with Gasteiger partial charge in [-0.05, 0) is 44.1 Å². The van der Waals surface area contributed by atoms with Gasteiger partial charge in [-0.2, -0.15) is 0 Å². The Kier molecular flexibility index (Phi) is 8.74. The largest absolute Gasteiger partial charge is 0.477 e. The lowest BCUT2D eigenvalue weighted by Gasteiger charge is -2.14. The molecule has 0 amide bonds. The van der Waals surface area contributed by atoms with E-state index >= 15 is 0 Å². The Labute approximate surface area is 167 Å². The normalized spacial score (nSPS) is 20.0. The van der Waals surface area contributed by atoms with Gasteiger partial charge in [-0.3, -0.25) is 0 Å². The van der Waals surface area contributed by atoms with Crippen LogP contribution in [0, 0.1) is 5.92 Å². The minimum Gasteiger partial charge on any atom is -0.477 e. The summed E-state index contributed by atoms with van der Waals surface area (Å²) in [5.74, 6) is 2.27. The molecule has 1 saturated carbocycles. The van der Waals surface area contributed by atoms with Gasteiger partial charge >= 0.3 is 0 Å². The zero-order valence-corrected chi connectivity index (χ0v) is 17.2. The van der Waals surface area contributed by atoms with Crippen LogP contribution in [0.15, 0.2) is 23.3 Å². The summed E-state index contributed by atoms with van der Waals surface area (Å²) in [5, 5.41) is 6.62. The number of aliphatic imine (C=N–C) groups is 1. The van der Waals surface area contributed by atoms with Crippen LogP contribution < -0.4 is 15.4 Å². The second-order valence-corrected chi connectivity index (χ2v) is 6.47. The summed E-state index contributed by atoms with van der Waals surface area (Å²) in [7, 11) is 0. The lowest BCUT2D eigenvalue weighted by atomic mass is 10.2. The van der Waals surface area contributed by atoms with E-state index in [0.717, 1.165) is 56.6 Å². The van der Waals surface area contributed by atoms with Crippen molar-refractivity contribution in [2.45, 2.75) is 45.3 Å². The molecule has 140 valence electrons. The molecular weight excluding hydrogens is 431 g/mol. The van der Waals surface area contributed by atoms with Crippen molar-refractivity contribution in [3.8, 4) is 5.88 Å². The summed E-state index contributed by atoms with van der Waals surface area (Å²) in [6, 6.07) is 3.96. The molecule has 6 nitrogen and oxygen atoms in total. The highest BCUT2D eigenvalue weighted by atomic mass is 127. The van der Waals surface area contributed by atoms with Crippen LogP contribution >= 0.6 is 24.0 Å². The Balaban J connectivity index is 0.00000225. The average Bonchev–Trinajstić information content (AvgIpc) is 3.30. The van der Waals surface area contributed by atoms with Gasteiger partial charge in [0, 0.05) is 32.0 Å². The Morgan fingerprint density at radius 2 is 2.20 bits per heavy atom. The Bertz CT molecular complexity index is 528. The summed E-state index contributed by atoms with van der Waals surface area (Å²) >= 11 is 0. The maximum Gasteiger partial charge on any atom is 0.213 e. The number of pyridine rings is 1. The van der Waals surface area contributed by atoms with E-state index in [1.807, 2.05) is 18.3 Å². The first-order chi connectivity index (χ1) is 11.8. The summed E-state index contributed by atoms with van der Waals surface area (Å²) < 4.78 is 11.3. The quantitative estimate of drug-likeness (QED) is 0.355. The minimum atomic E-state index is 0. The van der Waals surface area contributed by atoms with Gasteiger partial charge in [0.1, 0.15) is 0 Å². The highest BCUT2D eigenvalue weighted by Crippen LogP contribution is 2.29. The van der Waals surface area contributed by atoms with E-state index < -0.39 is 0 Å². The average molecular weight is 460 g/mol. The van der Waals surface area contributed by atoms with Crippen LogP contribution in [0.3, 0.4) is 0 Å². The van der Waals surface area contributed by atoms with E-state index in [1.54, 1.807) is 0 Å². The summed E-state index contributed by atoms with van der Waals surface area (Å²) in [6.45, 7) is 5.97. The minimum absolute atomic E-state index is 0. The van der Waals surface area contributed by atoms with Crippen LogP contribution in [0.4, 0.5) is 0 Å². The first-order valence-electron chi connectivity index (χ1n) is 9.05. The number of guanidine groups is 1. The third kappa shape index (κ3) is 7.35. The first kappa shape index (κ1) is 20.2. The van der Waals surface area contributed by atoms with Crippen LogP contribution in [0.5, 0.6) is 5.88 Å². The zero-order chi connectivity index (χ0) is 16.6. The number of nitrogens with zero attached hydrogens (tertiary/aromatic N) is 2. The van der Waals surface area contributed by atoms with E-state index in [0.29, 0.717) is 18.5 Å². The number of ether oxygens (including phenoxy) is 2. The summed E-state index contributed by atoms with van der Waals surface area (Å²) in [4.78, 5) is 8.98.